The monoisotopic (exact) mass is 505 g/mol. The lowest BCUT2D eigenvalue weighted by molar-refractivity contribution is -0.286. The van der Waals surface area contributed by atoms with Crippen molar-refractivity contribution >= 4 is 23.3 Å². The molecule has 3 heterocycles. The number of pyridine rings is 1. The highest BCUT2D eigenvalue weighted by Gasteiger charge is 2.84. The van der Waals surface area contributed by atoms with Crippen molar-refractivity contribution in [1.29, 1.82) is 0 Å². The SMILES string of the molecule is C[C@@H](N[C@](C)(O)N1C(=O)[C@H](C#Cc2ccc(Cl)nc2)C12C(=O)C2O)c1ccc2c(c1)OC(F)(F)O2. The smallest absolute Gasteiger partial charge is 0.395 e. The zero-order valence-electron chi connectivity index (χ0n) is 18.3. The van der Waals surface area contributed by atoms with Gasteiger partial charge in [-0.3, -0.25) is 19.8 Å². The molecular formula is C23H18ClF2N3O6. The Bertz CT molecular complexity index is 1310. The topological polar surface area (TPSA) is 121 Å². The Labute approximate surface area is 202 Å². The van der Waals surface area contributed by atoms with Crippen molar-refractivity contribution in [3.63, 3.8) is 0 Å². The van der Waals surface area contributed by atoms with E-state index in [1.807, 2.05) is 0 Å². The van der Waals surface area contributed by atoms with E-state index in [0.29, 0.717) is 11.1 Å². The molecule has 0 bridgehead atoms. The van der Waals surface area contributed by atoms with Crippen molar-refractivity contribution in [2.24, 2.45) is 5.92 Å². The molecule has 1 amide bonds. The van der Waals surface area contributed by atoms with Gasteiger partial charge in [0.05, 0.1) is 0 Å². The van der Waals surface area contributed by atoms with Crippen molar-refractivity contribution in [1.82, 2.24) is 15.2 Å². The van der Waals surface area contributed by atoms with Crippen LogP contribution in [0.2, 0.25) is 5.15 Å². The maximum Gasteiger partial charge on any atom is 0.586 e. The number of hydrogen-bond donors (Lipinski definition) is 3. The first kappa shape index (κ1) is 23.4. The van der Waals surface area contributed by atoms with Gasteiger partial charge in [0.25, 0.3) is 0 Å². The molecule has 5 rings (SSSR count). The molecular weight excluding hydrogens is 488 g/mol. The predicted octanol–water partition coefficient (Wildman–Crippen LogP) is 1.57. The van der Waals surface area contributed by atoms with Gasteiger partial charge in [0.15, 0.2) is 28.7 Å². The van der Waals surface area contributed by atoms with Crippen LogP contribution >= 0.6 is 11.6 Å². The number of nitrogens with one attached hydrogen (secondary N) is 1. The number of amides is 1. The maximum absolute atomic E-state index is 13.3. The van der Waals surface area contributed by atoms with Gasteiger partial charge in [0.1, 0.15) is 17.2 Å². The van der Waals surface area contributed by atoms with Crippen LogP contribution in [0.5, 0.6) is 11.5 Å². The Hall–Kier alpha value is -3.30. The van der Waals surface area contributed by atoms with Gasteiger partial charge in [-0.25, -0.2) is 4.98 Å². The molecule has 2 fully saturated rings. The summed E-state index contributed by atoms with van der Waals surface area (Å²) in [5.74, 6) is 0.534. The molecule has 2 unspecified atom stereocenters. The van der Waals surface area contributed by atoms with Gasteiger partial charge in [0.2, 0.25) is 5.91 Å². The second-order valence-electron chi connectivity index (χ2n) is 8.60. The number of halogens is 3. The average Bonchev–Trinajstić information content (AvgIpc) is 3.16. The summed E-state index contributed by atoms with van der Waals surface area (Å²) in [5, 5.41) is 24.5. The molecule has 5 atom stereocenters. The minimum Gasteiger partial charge on any atom is -0.395 e. The zero-order valence-corrected chi connectivity index (χ0v) is 19.0. The predicted molar refractivity (Wildman–Crippen MR) is 115 cm³/mol. The fraction of sp³-hybridized carbons (Fsp3) is 0.348. The van der Waals surface area contributed by atoms with Crippen molar-refractivity contribution < 1.29 is 38.1 Å². The number of carbonyl (C=O) groups excluding carboxylic acids is 2. The van der Waals surface area contributed by atoms with E-state index in [0.717, 1.165) is 4.90 Å². The number of alkyl halides is 2. The van der Waals surface area contributed by atoms with E-state index in [1.165, 1.54) is 37.4 Å². The molecule has 0 radical (unpaired) electrons. The van der Waals surface area contributed by atoms with E-state index in [9.17, 15) is 28.6 Å². The molecule has 1 spiro atoms. The fourth-order valence-corrected chi connectivity index (χ4v) is 4.65. The summed E-state index contributed by atoms with van der Waals surface area (Å²) in [5.41, 5.74) is -0.816. The number of rotatable bonds is 4. The first-order valence-corrected chi connectivity index (χ1v) is 10.8. The number of β-lactam (4-membered cyclic amide) rings is 1. The highest BCUT2D eigenvalue weighted by Crippen LogP contribution is 2.55. The number of Topliss-reactive ketones (excluding diaryl/α,β-unsaturated/α-hetero) is 1. The van der Waals surface area contributed by atoms with E-state index in [1.54, 1.807) is 13.0 Å². The standard InChI is InChI=1S/C23H18ClF2N3O6/c1-11(13-5-7-15-16(9-13)35-23(25,26)34-15)28-21(2,33)29-20(32)14(22(29)18(30)19(22)31)6-3-12-4-8-17(24)27-10-12/h4-5,7-11,14,18,28,30,33H,1-2H3/t11-,14+,18?,21+,22?/m1/s1. The number of hydrogen-bond acceptors (Lipinski definition) is 8. The van der Waals surface area contributed by atoms with Gasteiger partial charge in [0, 0.05) is 17.8 Å². The summed E-state index contributed by atoms with van der Waals surface area (Å²) >= 11 is 5.75. The number of likely N-dealkylation sites (tertiary alicyclic amines) is 1. The molecule has 1 saturated carbocycles. The van der Waals surface area contributed by atoms with Crippen LogP contribution in [-0.2, 0) is 9.59 Å². The Morgan fingerprint density at radius 3 is 2.57 bits per heavy atom. The number of ether oxygens (including phenoxy) is 2. The van der Waals surface area contributed by atoms with Crippen LogP contribution in [0.3, 0.4) is 0 Å². The summed E-state index contributed by atoms with van der Waals surface area (Å²) in [6.07, 6.45) is -3.89. The molecule has 2 aliphatic heterocycles. The normalized spacial score (nSPS) is 28.1. The van der Waals surface area contributed by atoms with Crippen LogP contribution < -0.4 is 14.8 Å². The summed E-state index contributed by atoms with van der Waals surface area (Å²) in [4.78, 5) is 30.2. The lowest BCUT2D eigenvalue weighted by atomic mass is 9.82. The van der Waals surface area contributed by atoms with Gasteiger partial charge in [-0.1, -0.05) is 29.5 Å². The molecule has 3 N–H and O–H groups in total. The van der Waals surface area contributed by atoms with E-state index in [-0.39, 0.29) is 16.7 Å². The minimum atomic E-state index is -3.78. The highest BCUT2D eigenvalue weighted by atomic mass is 35.5. The van der Waals surface area contributed by atoms with Crippen LogP contribution in [0.15, 0.2) is 36.5 Å². The largest absolute Gasteiger partial charge is 0.586 e. The number of benzene rings is 1. The molecule has 182 valence electrons. The molecule has 9 nitrogen and oxygen atoms in total. The van der Waals surface area contributed by atoms with E-state index >= 15 is 0 Å². The lowest BCUT2D eigenvalue weighted by Gasteiger charge is -2.52. The number of aliphatic hydroxyl groups is 2. The minimum absolute atomic E-state index is 0.140. The van der Waals surface area contributed by atoms with Crippen molar-refractivity contribution in [2.75, 3.05) is 0 Å². The van der Waals surface area contributed by atoms with Crippen molar-refractivity contribution in [3.05, 3.63) is 52.8 Å². The van der Waals surface area contributed by atoms with Gasteiger partial charge in [-0.15, -0.1) is 8.78 Å². The quantitative estimate of drug-likeness (QED) is 0.248. The second-order valence-corrected chi connectivity index (χ2v) is 8.99. The third-order valence-electron chi connectivity index (χ3n) is 6.19. The molecule has 1 saturated heterocycles. The number of carbonyl (C=O) groups is 2. The van der Waals surface area contributed by atoms with Gasteiger partial charge in [-0.05, 0) is 43.7 Å². The van der Waals surface area contributed by atoms with Crippen LogP contribution in [0.1, 0.15) is 31.0 Å². The zero-order chi connectivity index (χ0) is 25.3. The van der Waals surface area contributed by atoms with Crippen molar-refractivity contribution in [2.45, 2.75) is 43.7 Å². The molecule has 1 aromatic heterocycles. The molecule has 1 aromatic carbocycles. The Morgan fingerprint density at radius 2 is 1.94 bits per heavy atom. The molecule has 2 aromatic rings. The van der Waals surface area contributed by atoms with E-state index in [4.69, 9.17) is 11.6 Å². The lowest BCUT2D eigenvalue weighted by Crippen LogP contribution is -2.76. The molecule has 1 aliphatic carbocycles. The number of aromatic nitrogens is 1. The Kier molecular flexibility index (Phi) is 5.09. The van der Waals surface area contributed by atoms with Gasteiger partial charge >= 0.3 is 6.29 Å². The second kappa shape index (κ2) is 7.60. The summed E-state index contributed by atoms with van der Waals surface area (Å²) in [7, 11) is 0. The summed E-state index contributed by atoms with van der Waals surface area (Å²) < 4.78 is 35.5. The summed E-state index contributed by atoms with van der Waals surface area (Å²) in [6, 6.07) is 6.48. The van der Waals surface area contributed by atoms with E-state index < -0.39 is 47.4 Å². The van der Waals surface area contributed by atoms with E-state index in [2.05, 4.69) is 31.6 Å². The fourth-order valence-electron chi connectivity index (χ4n) is 4.53. The van der Waals surface area contributed by atoms with Gasteiger partial charge < -0.3 is 19.7 Å². The summed E-state index contributed by atoms with van der Waals surface area (Å²) in [6.45, 7) is 2.85. The molecule has 12 heteroatoms. The van der Waals surface area contributed by atoms with Gasteiger partial charge in [-0.2, -0.15) is 0 Å². The third-order valence-corrected chi connectivity index (χ3v) is 6.42. The third kappa shape index (κ3) is 3.61. The first-order chi connectivity index (χ1) is 16.4. The Balaban J connectivity index is 1.36. The van der Waals surface area contributed by atoms with Crippen LogP contribution in [0, 0.1) is 17.8 Å². The van der Waals surface area contributed by atoms with Crippen molar-refractivity contribution in [3.8, 4) is 23.3 Å². The molecule has 35 heavy (non-hydrogen) atoms. The number of ketones is 1. The molecule has 3 aliphatic rings. The Morgan fingerprint density at radius 1 is 1.26 bits per heavy atom. The number of nitrogens with zero attached hydrogens (tertiary/aromatic N) is 2. The maximum atomic E-state index is 13.3. The highest BCUT2D eigenvalue weighted by molar-refractivity contribution is 6.29. The van der Waals surface area contributed by atoms with Crippen LogP contribution in [-0.4, -0.2) is 55.6 Å². The first-order valence-electron chi connectivity index (χ1n) is 10.5. The average molecular weight is 506 g/mol. The van der Waals surface area contributed by atoms with Crippen LogP contribution in [0.4, 0.5) is 8.78 Å². The number of fused-ring (bicyclic) bond motifs is 1. The number of aliphatic hydroxyl groups excluding tert-OH is 1. The van der Waals surface area contributed by atoms with Crippen LogP contribution in [0.25, 0.3) is 0 Å².